The van der Waals surface area contributed by atoms with E-state index in [-0.39, 0.29) is 0 Å². The van der Waals surface area contributed by atoms with Crippen LogP contribution < -0.4 is 0 Å². The smallest absolute Gasteiger partial charge is 0.370 e. The third-order valence-corrected chi connectivity index (χ3v) is 2.23. The van der Waals surface area contributed by atoms with Crippen LogP contribution in [-0.4, -0.2) is 41.5 Å². The van der Waals surface area contributed by atoms with Crippen LogP contribution in [0.3, 0.4) is 0 Å². The average Bonchev–Trinajstić information content (AvgIpc) is 1.98. The van der Waals surface area contributed by atoms with E-state index in [0.717, 1.165) is 0 Å². The Bertz CT molecular complexity index is 357. The summed E-state index contributed by atoms with van der Waals surface area (Å²) >= 11 is 0. The number of aliphatic hydroxyl groups is 1. The number of alkyl halides is 7. The van der Waals surface area contributed by atoms with Crippen molar-refractivity contribution in [2.24, 2.45) is 0 Å². The van der Waals surface area contributed by atoms with Gasteiger partial charge in [-0.2, -0.15) is 39.2 Å². The SMILES string of the molecule is O=S(=O)(O)[C@@H](O)C(F)(F)C(F)(F)C(F)(F)F. The molecular weight excluding hydrogens is 277 g/mol. The first kappa shape index (κ1) is 15.4. The molecule has 0 aliphatic carbocycles. The Hall–Kier alpha value is -0.620. The van der Waals surface area contributed by atoms with E-state index in [2.05, 4.69) is 0 Å². The number of rotatable bonds is 3. The molecule has 12 heteroatoms. The predicted molar refractivity (Wildman–Crippen MR) is 33.5 cm³/mol. The fraction of sp³-hybridized carbons (Fsp3) is 1.00. The van der Waals surface area contributed by atoms with Crippen molar-refractivity contribution in [3.63, 3.8) is 0 Å². The molecule has 0 aromatic carbocycles. The van der Waals surface area contributed by atoms with Crippen LogP contribution in [0.4, 0.5) is 30.7 Å². The molecule has 0 aromatic rings. The lowest BCUT2D eigenvalue weighted by Gasteiger charge is -2.29. The highest BCUT2D eigenvalue weighted by Crippen LogP contribution is 2.48. The second kappa shape index (κ2) is 3.70. The molecule has 0 rings (SSSR count). The van der Waals surface area contributed by atoms with E-state index in [1.54, 1.807) is 0 Å². The van der Waals surface area contributed by atoms with Gasteiger partial charge in [0, 0.05) is 0 Å². The molecule has 0 spiro atoms. The van der Waals surface area contributed by atoms with Gasteiger partial charge in [-0.25, -0.2) is 0 Å². The molecule has 0 aliphatic heterocycles. The van der Waals surface area contributed by atoms with Crippen LogP contribution in [0.1, 0.15) is 0 Å². The van der Waals surface area contributed by atoms with Gasteiger partial charge in [-0.15, -0.1) is 0 Å². The van der Waals surface area contributed by atoms with Gasteiger partial charge in [0.2, 0.25) is 0 Å². The fourth-order valence-electron chi connectivity index (χ4n) is 0.531. The summed E-state index contributed by atoms with van der Waals surface area (Å²) < 4.78 is 111. The van der Waals surface area contributed by atoms with E-state index in [1.807, 2.05) is 0 Å². The summed E-state index contributed by atoms with van der Waals surface area (Å²) in [6, 6.07) is 0. The molecule has 0 aliphatic rings. The summed E-state index contributed by atoms with van der Waals surface area (Å²) in [6.45, 7) is 0. The number of aliphatic hydroxyl groups excluding tert-OH is 1. The third kappa shape index (κ3) is 2.38. The summed E-state index contributed by atoms with van der Waals surface area (Å²) in [5.74, 6) is -13.2. The molecule has 4 nitrogen and oxygen atoms in total. The van der Waals surface area contributed by atoms with E-state index in [0.29, 0.717) is 0 Å². The Labute approximate surface area is 83.4 Å². The fourth-order valence-corrected chi connectivity index (χ4v) is 1.05. The lowest BCUT2D eigenvalue weighted by Crippen LogP contribution is -2.59. The average molecular weight is 280 g/mol. The van der Waals surface area contributed by atoms with Gasteiger partial charge in [-0.3, -0.25) is 4.55 Å². The summed E-state index contributed by atoms with van der Waals surface area (Å²) in [4.78, 5) is 0. The first-order valence-electron chi connectivity index (χ1n) is 3.12. The minimum Gasteiger partial charge on any atom is -0.370 e. The second-order valence-corrected chi connectivity index (χ2v) is 4.04. The normalized spacial score (nSPS) is 17.3. The zero-order valence-electron chi connectivity index (χ0n) is 6.84. The summed E-state index contributed by atoms with van der Waals surface area (Å²) in [5.41, 5.74) is -4.59. The molecule has 0 amide bonds. The minimum atomic E-state index is -6.81. The molecule has 0 aromatic heterocycles. The van der Waals surface area contributed by atoms with Gasteiger partial charge in [0.15, 0.2) is 0 Å². The van der Waals surface area contributed by atoms with Gasteiger partial charge in [0.25, 0.3) is 15.6 Å². The summed E-state index contributed by atoms with van der Waals surface area (Å²) in [5, 5.41) is 8.04. The van der Waals surface area contributed by atoms with Crippen molar-refractivity contribution in [2.75, 3.05) is 0 Å². The number of hydrogen-bond donors (Lipinski definition) is 2. The first-order chi connectivity index (χ1) is 6.65. The van der Waals surface area contributed by atoms with Crippen LogP contribution in [-0.2, 0) is 10.1 Å². The predicted octanol–water partition coefficient (Wildman–Crippen LogP) is 1.03. The van der Waals surface area contributed by atoms with Crippen LogP contribution in [0.15, 0.2) is 0 Å². The molecule has 98 valence electrons. The molecule has 0 unspecified atom stereocenters. The summed E-state index contributed by atoms with van der Waals surface area (Å²) in [7, 11) is -6.18. The van der Waals surface area contributed by atoms with Crippen molar-refractivity contribution >= 4 is 10.1 Å². The topological polar surface area (TPSA) is 74.6 Å². The molecule has 0 fully saturated rings. The van der Waals surface area contributed by atoms with Gasteiger partial charge in [0.05, 0.1) is 0 Å². The van der Waals surface area contributed by atoms with E-state index in [4.69, 9.17) is 9.66 Å². The van der Waals surface area contributed by atoms with Crippen molar-refractivity contribution in [3.05, 3.63) is 0 Å². The van der Waals surface area contributed by atoms with Crippen LogP contribution >= 0.6 is 0 Å². The Balaban J connectivity index is 5.54. The van der Waals surface area contributed by atoms with Crippen LogP contribution in [0.5, 0.6) is 0 Å². The highest BCUT2D eigenvalue weighted by Gasteiger charge is 2.77. The molecule has 16 heavy (non-hydrogen) atoms. The van der Waals surface area contributed by atoms with E-state index in [1.165, 1.54) is 0 Å². The van der Waals surface area contributed by atoms with E-state index < -0.39 is 33.6 Å². The van der Waals surface area contributed by atoms with Crippen LogP contribution in [0, 0.1) is 0 Å². The molecule has 1 atom stereocenters. The minimum absolute atomic E-state index is 4.59. The largest absolute Gasteiger partial charge is 0.460 e. The number of hydrogen-bond acceptors (Lipinski definition) is 3. The van der Waals surface area contributed by atoms with Crippen LogP contribution in [0.25, 0.3) is 0 Å². The quantitative estimate of drug-likeness (QED) is 0.598. The van der Waals surface area contributed by atoms with Crippen molar-refractivity contribution in [1.82, 2.24) is 0 Å². The maximum atomic E-state index is 12.3. The van der Waals surface area contributed by atoms with Gasteiger partial charge >= 0.3 is 18.0 Å². The van der Waals surface area contributed by atoms with Gasteiger partial charge in [-0.05, 0) is 0 Å². The van der Waals surface area contributed by atoms with E-state index >= 15 is 0 Å². The van der Waals surface area contributed by atoms with Crippen LogP contribution in [0.2, 0.25) is 0 Å². The van der Waals surface area contributed by atoms with Crippen molar-refractivity contribution < 1.29 is 48.8 Å². The molecular formula is C4H3F7O4S. The lowest BCUT2D eigenvalue weighted by molar-refractivity contribution is -0.364. The van der Waals surface area contributed by atoms with Gasteiger partial charge < -0.3 is 5.11 Å². The molecule has 0 heterocycles. The van der Waals surface area contributed by atoms with Crippen molar-refractivity contribution in [2.45, 2.75) is 23.5 Å². The third-order valence-electron chi connectivity index (χ3n) is 1.37. The standard InChI is InChI=1S/C4H3F7O4S/c5-2(6,1(12)16(13,14)15)3(7,8)4(9,10)11/h1,12H,(H,13,14,15)/t1-/m1/s1. The van der Waals surface area contributed by atoms with Gasteiger partial charge in [-0.1, -0.05) is 0 Å². The monoisotopic (exact) mass is 280 g/mol. The highest BCUT2D eigenvalue weighted by atomic mass is 32.2. The Kier molecular flexibility index (Phi) is 3.56. The van der Waals surface area contributed by atoms with Crippen molar-refractivity contribution in [1.29, 1.82) is 0 Å². The Morgan fingerprint density at radius 1 is 0.938 bits per heavy atom. The first-order valence-corrected chi connectivity index (χ1v) is 4.62. The zero-order valence-corrected chi connectivity index (χ0v) is 7.66. The number of halogens is 7. The zero-order chi connectivity index (χ0) is 13.6. The lowest BCUT2D eigenvalue weighted by atomic mass is 10.2. The molecule has 0 bridgehead atoms. The van der Waals surface area contributed by atoms with Crippen molar-refractivity contribution in [3.8, 4) is 0 Å². The Morgan fingerprint density at radius 2 is 1.25 bits per heavy atom. The second-order valence-electron chi connectivity index (χ2n) is 2.56. The highest BCUT2D eigenvalue weighted by molar-refractivity contribution is 7.86. The molecule has 0 radical (unpaired) electrons. The van der Waals surface area contributed by atoms with Gasteiger partial charge in [0.1, 0.15) is 0 Å². The molecule has 0 saturated carbocycles. The summed E-state index contributed by atoms with van der Waals surface area (Å²) in [6.07, 6.45) is -6.79. The maximum Gasteiger partial charge on any atom is 0.460 e. The Morgan fingerprint density at radius 3 is 1.44 bits per heavy atom. The van der Waals surface area contributed by atoms with E-state index in [9.17, 15) is 39.2 Å². The maximum absolute atomic E-state index is 12.3. The molecule has 2 N–H and O–H groups in total. The molecule has 0 saturated heterocycles.